The summed E-state index contributed by atoms with van der Waals surface area (Å²) in [5.74, 6) is 0.272. The van der Waals surface area contributed by atoms with Crippen molar-refractivity contribution in [3.8, 4) is 5.75 Å². The molecule has 0 bridgehead atoms. The molecule has 1 N–H and O–H groups in total. The van der Waals surface area contributed by atoms with Crippen LogP contribution >= 0.6 is 11.3 Å². The highest BCUT2D eigenvalue weighted by Gasteiger charge is 2.21. The molecule has 0 aliphatic heterocycles. The number of hydrogen-bond donors (Lipinski definition) is 1. The first-order chi connectivity index (χ1) is 12.2. The summed E-state index contributed by atoms with van der Waals surface area (Å²) < 4.78 is 10.4. The molecular weight excluding hydrogens is 340 g/mol. The fraction of sp³-hybridized carbons (Fsp3) is 0.278. The lowest BCUT2D eigenvalue weighted by Gasteiger charge is -2.08. The highest BCUT2D eigenvalue weighted by Crippen LogP contribution is 2.34. The van der Waals surface area contributed by atoms with Crippen LogP contribution in [0.4, 0.5) is 0 Å². The number of aromatic nitrogens is 2. The van der Waals surface area contributed by atoms with Crippen molar-refractivity contribution in [1.29, 1.82) is 0 Å². The summed E-state index contributed by atoms with van der Waals surface area (Å²) in [6, 6.07) is 6.83. The van der Waals surface area contributed by atoms with Crippen LogP contribution < -0.4 is 10.3 Å². The van der Waals surface area contributed by atoms with Gasteiger partial charge in [0.25, 0.3) is 5.56 Å². The number of carbonyl (C=O) groups is 1. The van der Waals surface area contributed by atoms with Gasteiger partial charge < -0.3 is 14.5 Å². The topological polar surface area (TPSA) is 81.3 Å². The summed E-state index contributed by atoms with van der Waals surface area (Å²) in [5, 5.41) is 0.692. The SMILES string of the molecule is COc1ccccc1C(=O)OCc1nc2sc3c(c2c(=O)[nH]1)CCC3. The van der Waals surface area contributed by atoms with E-state index in [0.29, 0.717) is 22.5 Å². The molecule has 7 heteroatoms. The van der Waals surface area contributed by atoms with Crippen LogP contribution in [0.2, 0.25) is 0 Å². The summed E-state index contributed by atoms with van der Waals surface area (Å²) in [6.45, 7) is -0.0926. The first-order valence-electron chi connectivity index (χ1n) is 8.01. The fourth-order valence-electron chi connectivity index (χ4n) is 3.14. The highest BCUT2D eigenvalue weighted by atomic mass is 32.1. The van der Waals surface area contributed by atoms with Crippen LogP contribution in [0.3, 0.4) is 0 Å². The lowest BCUT2D eigenvalue weighted by Crippen LogP contribution is -2.14. The number of thiophene rings is 1. The maximum absolute atomic E-state index is 12.4. The minimum Gasteiger partial charge on any atom is -0.496 e. The standard InChI is InChI=1S/C18H16N2O4S/c1-23-12-7-3-2-5-10(12)18(22)24-9-14-19-16(21)15-11-6-4-8-13(11)25-17(15)20-14/h2-3,5,7H,4,6,8-9H2,1H3,(H,19,20,21). The van der Waals surface area contributed by atoms with Crippen LogP contribution in [-0.4, -0.2) is 23.0 Å². The van der Waals surface area contributed by atoms with Crippen molar-refractivity contribution in [2.75, 3.05) is 7.11 Å². The number of nitrogens with one attached hydrogen (secondary N) is 1. The maximum atomic E-state index is 12.4. The van der Waals surface area contributed by atoms with E-state index in [1.165, 1.54) is 12.0 Å². The van der Waals surface area contributed by atoms with Gasteiger partial charge in [-0.3, -0.25) is 4.79 Å². The maximum Gasteiger partial charge on any atom is 0.342 e. The van der Waals surface area contributed by atoms with Crippen LogP contribution in [0.1, 0.15) is 33.0 Å². The van der Waals surface area contributed by atoms with Crippen molar-refractivity contribution >= 4 is 27.5 Å². The molecule has 2 aromatic heterocycles. The number of rotatable bonds is 4. The molecule has 0 fully saturated rings. The summed E-state index contributed by atoms with van der Waals surface area (Å²) in [5.41, 5.74) is 1.31. The van der Waals surface area contributed by atoms with Gasteiger partial charge in [0.05, 0.1) is 12.5 Å². The number of carbonyl (C=O) groups excluding carboxylic acids is 1. The number of methoxy groups -OCH3 is 1. The minimum atomic E-state index is -0.520. The molecule has 4 rings (SSSR count). The van der Waals surface area contributed by atoms with Gasteiger partial charge in [0.2, 0.25) is 0 Å². The van der Waals surface area contributed by atoms with Crippen LogP contribution in [-0.2, 0) is 24.2 Å². The average Bonchev–Trinajstić information content (AvgIpc) is 3.20. The number of aromatic amines is 1. The number of aryl methyl sites for hydroxylation is 2. The molecule has 6 nitrogen and oxygen atoms in total. The smallest absolute Gasteiger partial charge is 0.342 e. The van der Waals surface area contributed by atoms with Crippen LogP contribution in [0, 0.1) is 0 Å². The van der Waals surface area contributed by atoms with Crippen molar-refractivity contribution in [1.82, 2.24) is 9.97 Å². The molecule has 0 spiro atoms. The molecule has 1 aliphatic carbocycles. The van der Waals surface area contributed by atoms with Gasteiger partial charge in [-0.15, -0.1) is 11.3 Å². The average molecular weight is 356 g/mol. The molecule has 1 aliphatic rings. The molecule has 128 valence electrons. The third-order valence-electron chi connectivity index (χ3n) is 4.29. The Labute approximate surface area is 147 Å². The first-order valence-corrected chi connectivity index (χ1v) is 8.82. The number of nitrogens with zero attached hydrogens (tertiary/aromatic N) is 1. The van der Waals surface area contributed by atoms with E-state index in [4.69, 9.17) is 9.47 Å². The normalized spacial score (nSPS) is 13.0. The molecular formula is C18H16N2O4S. The lowest BCUT2D eigenvalue weighted by atomic mass is 10.2. The Balaban J connectivity index is 1.57. The Morgan fingerprint density at radius 3 is 3.00 bits per heavy atom. The number of esters is 1. The molecule has 1 aromatic carbocycles. The second-order valence-electron chi connectivity index (χ2n) is 5.83. The van der Waals surface area contributed by atoms with Gasteiger partial charge in [0, 0.05) is 4.88 Å². The van der Waals surface area contributed by atoms with Gasteiger partial charge in [0.1, 0.15) is 28.6 Å². The van der Waals surface area contributed by atoms with Gasteiger partial charge in [-0.25, -0.2) is 9.78 Å². The lowest BCUT2D eigenvalue weighted by molar-refractivity contribution is 0.0458. The molecule has 3 aromatic rings. The number of para-hydroxylation sites is 1. The fourth-order valence-corrected chi connectivity index (χ4v) is 4.42. The Morgan fingerprint density at radius 1 is 1.32 bits per heavy atom. The Hall–Kier alpha value is -2.67. The van der Waals surface area contributed by atoms with E-state index in [1.807, 2.05) is 0 Å². The predicted octanol–water partition coefficient (Wildman–Crippen LogP) is 2.84. The van der Waals surface area contributed by atoms with Crippen molar-refractivity contribution in [2.45, 2.75) is 25.9 Å². The molecule has 25 heavy (non-hydrogen) atoms. The minimum absolute atomic E-state index is 0.0926. The third kappa shape index (κ3) is 2.80. The van der Waals surface area contributed by atoms with Gasteiger partial charge in [-0.05, 0) is 37.0 Å². The zero-order chi connectivity index (χ0) is 17.4. The van der Waals surface area contributed by atoms with Crippen LogP contribution in [0.15, 0.2) is 29.1 Å². The van der Waals surface area contributed by atoms with E-state index in [0.717, 1.165) is 29.7 Å². The molecule has 0 saturated carbocycles. The molecule has 0 amide bonds. The van der Waals surface area contributed by atoms with Crippen molar-refractivity contribution in [3.63, 3.8) is 0 Å². The van der Waals surface area contributed by atoms with Gasteiger partial charge in [0.15, 0.2) is 0 Å². The summed E-state index contributed by atoms with van der Waals surface area (Å²) in [7, 11) is 1.50. The quantitative estimate of drug-likeness (QED) is 0.727. The first kappa shape index (κ1) is 15.8. The third-order valence-corrected chi connectivity index (χ3v) is 5.48. The summed E-state index contributed by atoms with van der Waals surface area (Å²) >= 11 is 1.56. The zero-order valence-electron chi connectivity index (χ0n) is 13.6. The monoisotopic (exact) mass is 356 g/mol. The number of fused-ring (bicyclic) bond motifs is 3. The Bertz CT molecular complexity index is 1020. The van der Waals surface area contributed by atoms with Crippen molar-refractivity contribution < 1.29 is 14.3 Å². The Morgan fingerprint density at radius 2 is 2.16 bits per heavy atom. The number of ether oxygens (including phenoxy) is 2. The van der Waals surface area contributed by atoms with E-state index < -0.39 is 5.97 Å². The van der Waals surface area contributed by atoms with E-state index >= 15 is 0 Å². The van der Waals surface area contributed by atoms with Gasteiger partial charge >= 0.3 is 5.97 Å². The largest absolute Gasteiger partial charge is 0.496 e. The van der Waals surface area contributed by atoms with Crippen molar-refractivity contribution in [3.05, 3.63) is 56.4 Å². The van der Waals surface area contributed by atoms with Crippen molar-refractivity contribution in [2.24, 2.45) is 0 Å². The summed E-state index contributed by atoms with van der Waals surface area (Å²) in [6.07, 6.45) is 3.03. The molecule has 0 saturated heterocycles. The number of hydrogen-bond acceptors (Lipinski definition) is 6. The summed E-state index contributed by atoms with van der Waals surface area (Å²) in [4.78, 5) is 33.8. The van der Waals surface area contributed by atoms with Gasteiger partial charge in [-0.2, -0.15) is 0 Å². The molecule has 0 radical (unpaired) electrons. The van der Waals surface area contributed by atoms with E-state index in [1.54, 1.807) is 35.6 Å². The number of H-pyrrole nitrogens is 1. The zero-order valence-corrected chi connectivity index (χ0v) is 14.4. The predicted molar refractivity (Wildman–Crippen MR) is 94.4 cm³/mol. The highest BCUT2D eigenvalue weighted by molar-refractivity contribution is 7.18. The van der Waals surface area contributed by atoms with Crippen LogP contribution in [0.5, 0.6) is 5.75 Å². The Kier molecular flexibility index (Phi) is 4.01. The molecule has 0 atom stereocenters. The van der Waals surface area contributed by atoms with Gasteiger partial charge in [-0.1, -0.05) is 12.1 Å². The van der Waals surface area contributed by atoms with E-state index in [-0.39, 0.29) is 12.2 Å². The molecule has 2 heterocycles. The number of benzene rings is 1. The van der Waals surface area contributed by atoms with E-state index in [2.05, 4.69) is 9.97 Å². The second kappa shape index (κ2) is 6.33. The molecule has 0 unspecified atom stereocenters. The second-order valence-corrected chi connectivity index (χ2v) is 6.91. The van der Waals surface area contributed by atoms with Crippen LogP contribution in [0.25, 0.3) is 10.2 Å². The van der Waals surface area contributed by atoms with E-state index in [9.17, 15) is 9.59 Å².